The lowest BCUT2D eigenvalue weighted by atomic mass is 10.1. The normalized spacial score (nSPS) is 16.9. The molecule has 1 aliphatic heterocycles. The van der Waals surface area contributed by atoms with E-state index in [1.807, 2.05) is 0 Å². The van der Waals surface area contributed by atoms with Crippen LogP contribution in [0.5, 0.6) is 0 Å². The van der Waals surface area contributed by atoms with Crippen molar-refractivity contribution < 1.29 is 9.53 Å². The molecular formula is C11H17NO2. The zero-order valence-electron chi connectivity index (χ0n) is 8.71. The second-order valence-electron chi connectivity index (χ2n) is 3.45. The first kappa shape index (κ1) is 11.1. The molecule has 1 fully saturated rings. The second-order valence-corrected chi connectivity index (χ2v) is 3.45. The fourth-order valence-corrected chi connectivity index (χ4v) is 1.58. The van der Waals surface area contributed by atoms with Crippen LogP contribution in [0.15, 0.2) is 0 Å². The summed E-state index contributed by atoms with van der Waals surface area (Å²) in [5.74, 6) is 4.81. The maximum absolute atomic E-state index is 10.7. The van der Waals surface area contributed by atoms with E-state index in [0.29, 0.717) is 0 Å². The van der Waals surface area contributed by atoms with Crippen LogP contribution in [-0.4, -0.2) is 37.6 Å². The van der Waals surface area contributed by atoms with Gasteiger partial charge >= 0.3 is 5.97 Å². The molecule has 0 unspecified atom stereocenters. The smallest absolute Gasteiger partial charge is 0.384 e. The Bertz CT molecular complexity index is 233. The van der Waals surface area contributed by atoms with Gasteiger partial charge in [-0.05, 0) is 25.9 Å². The third-order valence-corrected chi connectivity index (χ3v) is 2.38. The molecule has 0 bridgehead atoms. The minimum Gasteiger partial charge on any atom is -0.459 e. The molecule has 3 nitrogen and oxygen atoms in total. The highest BCUT2D eigenvalue weighted by atomic mass is 16.5. The van der Waals surface area contributed by atoms with Gasteiger partial charge in [0, 0.05) is 18.9 Å². The molecule has 78 valence electrons. The number of methoxy groups -OCH3 is 1. The Hall–Kier alpha value is -1.01. The number of carbonyl (C=O) groups is 1. The number of esters is 1. The molecule has 14 heavy (non-hydrogen) atoms. The molecule has 0 aromatic carbocycles. The van der Waals surface area contributed by atoms with Crippen molar-refractivity contribution in [1.82, 2.24) is 4.90 Å². The largest absolute Gasteiger partial charge is 0.459 e. The van der Waals surface area contributed by atoms with Crippen LogP contribution in [0.2, 0.25) is 0 Å². The predicted molar refractivity (Wildman–Crippen MR) is 54.7 cm³/mol. The van der Waals surface area contributed by atoms with Crippen molar-refractivity contribution in [2.75, 3.05) is 26.7 Å². The van der Waals surface area contributed by atoms with Gasteiger partial charge in [0.1, 0.15) is 0 Å². The van der Waals surface area contributed by atoms with Crippen molar-refractivity contribution in [2.45, 2.75) is 25.7 Å². The lowest BCUT2D eigenvalue weighted by Gasteiger charge is -2.25. The number of piperidine rings is 1. The van der Waals surface area contributed by atoms with E-state index in [4.69, 9.17) is 0 Å². The average molecular weight is 195 g/mol. The first-order valence-electron chi connectivity index (χ1n) is 5.12. The lowest BCUT2D eigenvalue weighted by molar-refractivity contribution is -0.133. The molecule has 1 rings (SSSR count). The van der Waals surface area contributed by atoms with E-state index in [-0.39, 0.29) is 0 Å². The van der Waals surface area contributed by atoms with E-state index in [1.54, 1.807) is 0 Å². The van der Waals surface area contributed by atoms with E-state index in [9.17, 15) is 4.79 Å². The fourth-order valence-electron chi connectivity index (χ4n) is 1.58. The minimum absolute atomic E-state index is 0.441. The van der Waals surface area contributed by atoms with Gasteiger partial charge in [0.15, 0.2) is 0 Å². The van der Waals surface area contributed by atoms with Crippen molar-refractivity contribution in [3.63, 3.8) is 0 Å². The van der Waals surface area contributed by atoms with Crippen molar-refractivity contribution in [3.05, 3.63) is 0 Å². The van der Waals surface area contributed by atoms with Gasteiger partial charge in [0.25, 0.3) is 0 Å². The molecule has 0 aliphatic carbocycles. The Morgan fingerprint density at radius 1 is 1.36 bits per heavy atom. The molecule has 0 spiro atoms. The zero-order valence-corrected chi connectivity index (χ0v) is 8.71. The van der Waals surface area contributed by atoms with Gasteiger partial charge in [-0.3, -0.25) is 0 Å². The van der Waals surface area contributed by atoms with Gasteiger partial charge in [0.2, 0.25) is 0 Å². The molecule has 0 radical (unpaired) electrons. The van der Waals surface area contributed by atoms with Crippen molar-refractivity contribution in [1.29, 1.82) is 0 Å². The molecule has 1 aliphatic rings. The molecule has 0 amide bonds. The van der Waals surface area contributed by atoms with Crippen LogP contribution >= 0.6 is 0 Å². The van der Waals surface area contributed by atoms with Crippen LogP contribution in [0.3, 0.4) is 0 Å². The monoisotopic (exact) mass is 195 g/mol. The third-order valence-electron chi connectivity index (χ3n) is 2.38. The Labute approximate surface area is 85.4 Å². The topological polar surface area (TPSA) is 29.5 Å². The summed E-state index contributed by atoms with van der Waals surface area (Å²) in [4.78, 5) is 13.1. The standard InChI is InChI=1S/C11H17NO2/c1-14-11(13)7-3-6-10-12-8-4-2-5-9-12/h2,4-6,8-10H2,1H3. The summed E-state index contributed by atoms with van der Waals surface area (Å²) in [6.45, 7) is 3.34. The van der Waals surface area contributed by atoms with E-state index >= 15 is 0 Å². The van der Waals surface area contributed by atoms with Crippen molar-refractivity contribution >= 4 is 5.97 Å². The molecule has 3 heteroatoms. The highest BCUT2D eigenvalue weighted by molar-refractivity contribution is 5.88. The van der Waals surface area contributed by atoms with E-state index < -0.39 is 5.97 Å². The summed E-state index contributed by atoms with van der Waals surface area (Å²) >= 11 is 0. The number of hydrogen-bond acceptors (Lipinski definition) is 3. The number of rotatable bonds is 2. The molecular weight excluding hydrogens is 178 g/mol. The maximum atomic E-state index is 10.7. The molecule has 0 saturated carbocycles. The highest BCUT2D eigenvalue weighted by Crippen LogP contribution is 2.08. The number of hydrogen-bond donors (Lipinski definition) is 0. The molecule has 0 aromatic rings. The second kappa shape index (κ2) is 6.44. The Morgan fingerprint density at radius 3 is 2.71 bits per heavy atom. The van der Waals surface area contributed by atoms with Gasteiger partial charge in [-0.1, -0.05) is 12.3 Å². The van der Waals surface area contributed by atoms with Gasteiger partial charge in [0.05, 0.1) is 7.11 Å². The van der Waals surface area contributed by atoms with Gasteiger partial charge in [-0.15, -0.1) is 0 Å². The SMILES string of the molecule is COC(=O)C#CCCN1CCCCC1. The van der Waals surface area contributed by atoms with Gasteiger partial charge < -0.3 is 9.64 Å². The first-order valence-corrected chi connectivity index (χ1v) is 5.12. The molecule has 1 saturated heterocycles. The Morgan fingerprint density at radius 2 is 2.07 bits per heavy atom. The Balaban J connectivity index is 2.12. The van der Waals surface area contributed by atoms with Crippen LogP contribution in [0.4, 0.5) is 0 Å². The highest BCUT2D eigenvalue weighted by Gasteiger charge is 2.07. The summed E-state index contributed by atoms with van der Waals surface area (Å²) in [7, 11) is 1.35. The predicted octanol–water partition coefficient (Wildman–Crippen LogP) is 1.04. The molecule has 0 atom stereocenters. The summed E-state index contributed by atoms with van der Waals surface area (Å²) in [6, 6.07) is 0. The van der Waals surface area contributed by atoms with Crippen LogP contribution in [-0.2, 0) is 9.53 Å². The summed E-state index contributed by atoms with van der Waals surface area (Å²) in [6.07, 6.45) is 4.70. The minimum atomic E-state index is -0.441. The van der Waals surface area contributed by atoms with Gasteiger partial charge in [-0.2, -0.15) is 0 Å². The maximum Gasteiger partial charge on any atom is 0.384 e. The molecule has 0 N–H and O–H groups in total. The van der Waals surface area contributed by atoms with E-state index in [0.717, 1.165) is 13.0 Å². The third kappa shape index (κ3) is 4.29. The Kier molecular flexibility index (Phi) is 5.09. The summed E-state index contributed by atoms with van der Waals surface area (Å²) in [5.41, 5.74) is 0. The van der Waals surface area contributed by atoms with Crippen molar-refractivity contribution in [2.24, 2.45) is 0 Å². The van der Waals surface area contributed by atoms with E-state index in [1.165, 1.54) is 39.5 Å². The number of ether oxygens (including phenoxy) is 1. The molecule has 0 aromatic heterocycles. The van der Waals surface area contributed by atoms with Crippen LogP contribution < -0.4 is 0 Å². The molecule has 1 heterocycles. The number of carbonyl (C=O) groups excluding carboxylic acids is 1. The average Bonchev–Trinajstić information content (AvgIpc) is 2.25. The quantitative estimate of drug-likeness (QED) is 0.374. The number of nitrogens with zero attached hydrogens (tertiary/aromatic N) is 1. The van der Waals surface area contributed by atoms with Crippen LogP contribution in [0.25, 0.3) is 0 Å². The lowest BCUT2D eigenvalue weighted by Crippen LogP contribution is -2.30. The van der Waals surface area contributed by atoms with Crippen LogP contribution in [0.1, 0.15) is 25.7 Å². The van der Waals surface area contributed by atoms with Gasteiger partial charge in [-0.25, -0.2) is 4.79 Å². The van der Waals surface area contributed by atoms with Crippen LogP contribution in [0, 0.1) is 11.8 Å². The van der Waals surface area contributed by atoms with Crippen molar-refractivity contribution in [3.8, 4) is 11.8 Å². The zero-order chi connectivity index (χ0) is 10.2. The first-order chi connectivity index (χ1) is 6.83. The summed E-state index contributed by atoms with van der Waals surface area (Å²) in [5, 5.41) is 0. The number of likely N-dealkylation sites (tertiary alicyclic amines) is 1. The fraction of sp³-hybridized carbons (Fsp3) is 0.727. The van der Waals surface area contributed by atoms with E-state index in [2.05, 4.69) is 21.5 Å². The summed E-state index contributed by atoms with van der Waals surface area (Å²) < 4.78 is 4.42.